The van der Waals surface area contributed by atoms with Gasteiger partial charge in [0.25, 0.3) is 5.91 Å². The Morgan fingerprint density at radius 3 is 2.75 bits per heavy atom. The van der Waals surface area contributed by atoms with E-state index >= 15 is 0 Å². The van der Waals surface area contributed by atoms with Gasteiger partial charge < -0.3 is 4.90 Å². The molecule has 0 N–H and O–H groups in total. The second-order valence-corrected chi connectivity index (χ2v) is 5.05. The Morgan fingerprint density at radius 1 is 1.50 bits per heavy atom. The summed E-state index contributed by atoms with van der Waals surface area (Å²) in [4.78, 5) is 13.5. The molecule has 1 rings (SSSR count). The smallest absolute Gasteiger partial charge is 0.253 e. The number of rotatable bonds is 4. The predicted molar refractivity (Wildman–Crippen MR) is 69.5 cm³/mol. The SMILES string of the molecule is CN(CCCBr)C(=O)c1ccc(F)c(Br)c1. The molecule has 5 heteroatoms. The van der Waals surface area contributed by atoms with Crippen molar-refractivity contribution in [2.75, 3.05) is 18.9 Å². The molecule has 1 amide bonds. The van der Waals surface area contributed by atoms with Gasteiger partial charge in [-0.05, 0) is 40.5 Å². The number of alkyl halides is 1. The van der Waals surface area contributed by atoms with Crippen molar-refractivity contribution in [3.8, 4) is 0 Å². The average Bonchev–Trinajstić information content (AvgIpc) is 2.28. The van der Waals surface area contributed by atoms with Crippen LogP contribution in [0.15, 0.2) is 22.7 Å². The monoisotopic (exact) mass is 351 g/mol. The van der Waals surface area contributed by atoms with Crippen LogP contribution in [-0.2, 0) is 0 Å². The van der Waals surface area contributed by atoms with Gasteiger partial charge in [0.1, 0.15) is 5.82 Å². The first-order valence-corrected chi connectivity index (χ1v) is 6.74. The summed E-state index contributed by atoms with van der Waals surface area (Å²) in [6, 6.07) is 4.28. The van der Waals surface area contributed by atoms with Crippen molar-refractivity contribution in [3.05, 3.63) is 34.1 Å². The average molecular weight is 353 g/mol. The van der Waals surface area contributed by atoms with E-state index in [9.17, 15) is 9.18 Å². The molecule has 0 saturated heterocycles. The molecule has 0 atom stereocenters. The fourth-order valence-corrected chi connectivity index (χ4v) is 1.88. The van der Waals surface area contributed by atoms with E-state index < -0.39 is 0 Å². The molecule has 0 radical (unpaired) electrons. The van der Waals surface area contributed by atoms with Gasteiger partial charge in [0.2, 0.25) is 0 Å². The number of halogens is 3. The largest absolute Gasteiger partial charge is 0.342 e. The summed E-state index contributed by atoms with van der Waals surface area (Å²) in [7, 11) is 1.74. The number of nitrogens with zero attached hydrogens (tertiary/aromatic N) is 1. The molecule has 0 saturated carbocycles. The number of carbonyl (C=O) groups is 1. The first-order valence-electron chi connectivity index (χ1n) is 4.82. The van der Waals surface area contributed by atoms with E-state index in [0.717, 1.165) is 11.8 Å². The Kier molecular flexibility index (Phi) is 5.41. The molecule has 0 aliphatic heterocycles. The van der Waals surface area contributed by atoms with Crippen LogP contribution in [0.25, 0.3) is 0 Å². The molecule has 0 aromatic heterocycles. The maximum atomic E-state index is 13.0. The van der Waals surface area contributed by atoms with Crippen LogP contribution in [0.5, 0.6) is 0 Å². The topological polar surface area (TPSA) is 20.3 Å². The molecule has 0 aliphatic rings. The molecule has 1 aromatic carbocycles. The van der Waals surface area contributed by atoms with Crippen LogP contribution in [0.1, 0.15) is 16.8 Å². The van der Waals surface area contributed by atoms with E-state index in [2.05, 4.69) is 31.9 Å². The van der Waals surface area contributed by atoms with Crippen LogP contribution in [0.2, 0.25) is 0 Å². The minimum atomic E-state index is -0.361. The minimum absolute atomic E-state index is 0.0957. The van der Waals surface area contributed by atoms with E-state index in [1.54, 1.807) is 11.9 Å². The fraction of sp³-hybridized carbons (Fsp3) is 0.364. The normalized spacial score (nSPS) is 10.2. The maximum absolute atomic E-state index is 13.0. The second kappa shape index (κ2) is 6.35. The van der Waals surface area contributed by atoms with Crippen LogP contribution in [0, 0.1) is 5.82 Å². The first-order chi connectivity index (χ1) is 7.56. The molecule has 1 aromatic rings. The van der Waals surface area contributed by atoms with Gasteiger partial charge in [0.05, 0.1) is 4.47 Å². The van der Waals surface area contributed by atoms with E-state index in [1.165, 1.54) is 18.2 Å². The molecule has 0 heterocycles. The molecule has 0 spiro atoms. The molecule has 2 nitrogen and oxygen atoms in total. The molecule has 0 unspecified atom stereocenters. The molecule has 88 valence electrons. The van der Waals surface area contributed by atoms with Crippen molar-refractivity contribution in [3.63, 3.8) is 0 Å². The highest BCUT2D eigenvalue weighted by atomic mass is 79.9. The Hall–Kier alpha value is -0.420. The fourth-order valence-electron chi connectivity index (χ4n) is 1.25. The van der Waals surface area contributed by atoms with Crippen molar-refractivity contribution in [2.45, 2.75) is 6.42 Å². The molecular formula is C11H12Br2FNO. The number of benzene rings is 1. The number of hydrogen-bond donors (Lipinski definition) is 0. The van der Waals surface area contributed by atoms with Gasteiger partial charge in [0.15, 0.2) is 0 Å². The lowest BCUT2D eigenvalue weighted by molar-refractivity contribution is 0.0795. The predicted octanol–water partition coefficient (Wildman–Crippen LogP) is 3.45. The van der Waals surface area contributed by atoms with Gasteiger partial charge in [-0.1, -0.05) is 15.9 Å². The number of amides is 1. The Balaban J connectivity index is 2.76. The van der Waals surface area contributed by atoms with E-state index in [0.29, 0.717) is 16.6 Å². The third-order valence-corrected chi connectivity index (χ3v) is 3.31. The van der Waals surface area contributed by atoms with Crippen LogP contribution in [-0.4, -0.2) is 29.7 Å². The number of hydrogen-bond acceptors (Lipinski definition) is 1. The third-order valence-electron chi connectivity index (χ3n) is 2.14. The lowest BCUT2D eigenvalue weighted by Gasteiger charge is -2.16. The molecule has 0 aliphatic carbocycles. The summed E-state index contributed by atoms with van der Waals surface area (Å²) in [5.74, 6) is -0.457. The lowest BCUT2D eigenvalue weighted by atomic mass is 10.2. The first kappa shape index (κ1) is 13.6. The molecule has 0 fully saturated rings. The van der Waals surface area contributed by atoms with Crippen molar-refractivity contribution < 1.29 is 9.18 Å². The van der Waals surface area contributed by atoms with Gasteiger partial charge in [-0.3, -0.25) is 4.79 Å². The molecule has 16 heavy (non-hydrogen) atoms. The van der Waals surface area contributed by atoms with Crippen molar-refractivity contribution in [2.24, 2.45) is 0 Å². The van der Waals surface area contributed by atoms with E-state index in [-0.39, 0.29) is 11.7 Å². The van der Waals surface area contributed by atoms with E-state index in [4.69, 9.17) is 0 Å². The Labute approximate surface area is 111 Å². The summed E-state index contributed by atoms with van der Waals surface area (Å²) >= 11 is 6.37. The molecule has 0 bridgehead atoms. The summed E-state index contributed by atoms with van der Waals surface area (Å²) in [6.07, 6.45) is 0.893. The zero-order valence-electron chi connectivity index (χ0n) is 8.84. The lowest BCUT2D eigenvalue weighted by Crippen LogP contribution is -2.27. The number of carbonyl (C=O) groups excluding carboxylic acids is 1. The van der Waals surface area contributed by atoms with Crippen molar-refractivity contribution in [1.82, 2.24) is 4.90 Å². The standard InChI is InChI=1S/C11H12Br2FNO/c1-15(6-2-5-12)11(16)8-3-4-10(14)9(13)7-8/h3-4,7H,2,5-6H2,1H3. The third kappa shape index (κ3) is 3.56. The zero-order valence-corrected chi connectivity index (χ0v) is 12.0. The highest BCUT2D eigenvalue weighted by molar-refractivity contribution is 9.10. The van der Waals surface area contributed by atoms with Crippen molar-refractivity contribution >= 4 is 37.8 Å². The van der Waals surface area contributed by atoms with Gasteiger partial charge in [-0.15, -0.1) is 0 Å². The van der Waals surface area contributed by atoms with Gasteiger partial charge in [-0.25, -0.2) is 4.39 Å². The highest BCUT2D eigenvalue weighted by Gasteiger charge is 2.12. The summed E-state index contributed by atoms with van der Waals surface area (Å²) in [5, 5.41) is 0.859. The molecular weight excluding hydrogens is 341 g/mol. The van der Waals surface area contributed by atoms with Crippen LogP contribution >= 0.6 is 31.9 Å². The van der Waals surface area contributed by atoms with Crippen molar-refractivity contribution in [1.29, 1.82) is 0 Å². The summed E-state index contributed by atoms with van der Waals surface area (Å²) in [6.45, 7) is 0.680. The highest BCUT2D eigenvalue weighted by Crippen LogP contribution is 2.17. The quantitative estimate of drug-likeness (QED) is 0.760. The van der Waals surface area contributed by atoms with Gasteiger partial charge in [0, 0.05) is 24.5 Å². The second-order valence-electron chi connectivity index (χ2n) is 3.40. The Bertz CT molecular complexity index is 384. The van der Waals surface area contributed by atoms with Crippen LogP contribution in [0.4, 0.5) is 4.39 Å². The van der Waals surface area contributed by atoms with Crippen LogP contribution in [0.3, 0.4) is 0 Å². The summed E-state index contributed by atoms with van der Waals surface area (Å²) in [5.41, 5.74) is 0.491. The summed E-state index contributed by atoms with van der Waals surface area (Å²) < 4.78 is 13.3. The Morgan fingerprint density at radius 2 is 2.19 bits per heavy atom. The van der Waals surface area contributed by atoms with Crippen LogP contribution < -0.4 is 0 Å². The maximum Gasteiger partial charge on any atom is 0.253 e. The van der Waals surface area contributed by atoms with Gasteiger partial charge in [-0.2, -0.15) is 0 Å². The van der Waals surface area contributed by atoms with E-state index in [1.807, 2.05) is 0 Å². The zero-order chi connectivity index (χ0) is 12.1. The van der Waals surface area contributed by atoms with Gasteiger partial charge >= 0.3 is 0 Å². The minimum Gasteiger partial charge on any atom is -0.342 e.